The van der Waals surface area contributed by atoms with Crippen LogP contribution in [0.5, 0.6) is 0 Å². The maximum absolute atomic E-state index is 12.0. The number of aromatic nitrogens is 1. The number of thiophene rings is 1. The van der Waals surface area contributed by atoms with E-state index in [2.05, 4.69) is 37.2 Å². The third-order valence-electron chi connectivity index (χ3n) is 3.82. The molecule has 5 nitrogen and oxygen atoms in total. The monoisotopic (exact) mass is 409 g/mol. The number of aryl methyl sites for hydroxylation is 1. The van der Waals surface area contributed by atoms with Crippen molar-refractivity contribution in [3.63, 3.8) is 0 Å². The molecule has 0 unspecified atom stereocenters. The van der Waals surface area contributed by atoms with Gasteiger partial charge in [0.15, 0.2) is 0 Å². The van der Waals surface area contributed by atoms with Crippen molar-refractivity contribution in [2.75, 3.05) is 36.5 Å². The lowest BCUT2D eigenvalue weighted by Gasteiger charge is -2.27. The number of amides is 1. The van der Waals surface area contributed by atoms with Crippen LogP contribution in [0.25, 0.3) is 0 Å². The van der Waals surface area contributed by atoms with Crippen molar-refractivity contribution >= 4 is 44.7 Å². The lowest BCUT2D eigenvalue weighted by atomic mass is 10.2. The summed E-state index contributed by atoms with van der Waals surface area (Å²) in [5.41, 5.74) is 0.746. The molecule has 0 aromatic carbocycles. The van der Waals surface area contributed by atoms with E-state index >= 15 is 0 Å². The lowest BCUT2D eigenvalue weighted by molar-refractivity contribution is -0.116. The van der Waals surface area contributed by atoms with E-state index in [4.69, 9.17) is 4.74 Å². The number of morpholine rings is 1. The molecule has 1 N–H and O–H groups in total. The Kier molecular flexibility index (Phi) is 6.23. The molecule has 128 valence electrons. The molecule has 0 aliphatic carbocycles. The van der Waals surface area contributed by atoms with Crippen LogP contribution in [0.1, 0.15) is 17.7 Å². The van der Waals surface area contributed by atoms with Crippen LogP contribution in [0.15, 0.2) is 34.2 Å². The Balaban J connectivity index is 1.44. The molecule has 2 aromatic heterocycles. The Morgan fingerprint density at radius 2 is 2.12 bits per heavy atom. The number of ether oxygens (including phenoxy) is 1. The fourth-order valence-electron chi connectivity index (χ4n) is 2.57. The van der Waals surface area contributed by atoms with Gasteiger partial charge in [0.2, 0.25) is 5.91 Å². The molecule has 7 heteroatoms. The molecule has 0 atom stereocenters. The smallest absolute Gasteiger partial charge is 0.224 e. The van der Waals surface area contributed by atoms with E-state index in [-0.39, 0.29) is 5.91 Å². The number of rotatable bonds is 6. The molecule has 0 saturated carbocycles. The van der Waals surface area contributed by atoms with Gasteiger partial charge in [0.1, 0.15) is 5.82 Å². The standard InChI is InChI=1S/C17H20BrN3O2S/c18-15-6-5-14(24-15)2-1-3-17(22)20-13-4-7-16(19-12-13)21-8-10-23-11-9-21/h4-7,12H,1-3,8-11H2,(H,20,22). The first-order chi connectivity index (χ1) is 11.7. The molecule has 1 amide bonds. The number of pyridine rings is 1. The van der Waals surface area contributed by atoms with Crippen LogP contribution in [0, 0.1) is 0 Å². The van der Waals surface area contributed by atoms with E-state index in [1.165, 1.54) is 4.88 Å². The number of anilines is 2. The van der Waals surface area contributed by atoms with Crippen LogP contribution in [-0.2, 0) is 16.0 Å². The van der Waals surface area contributed by atoms with E-state index in [1.54, 1.807) is 17.5 Å². The Hall–Kier alpha value is -1.44. The van der Waals surface area contributed by atoms with Gasteiger partial charge >= 0.3 is 0 Å². The number of carbonyl (C=O) groups excluding carboxylic acids is 1. The molecule has 3 heterocycles. The zero-order valence-corrected chi connectivity index (χ0v) is 15.7. The van der Waals surface area contributed by atoms with Crippen LogP contribution in [0.4, 0.5) is 11.5 Å². The Morgan fingerprint density at radius 1 is 1.29 bits per heavy atom. The van der Waals surface area contributed by atoms with Crippen LogP contribution < -0.4 is 10.2 Å². The molecule has 2 aromatic rings. The zero-order chi connectivity index (χ0) is 16.8. The maximum atomic E-state index is 12.0. The Morgan fingerprint density at radius 3 is 2.79 bits per heavy atom. The predicted molar refractivity (Wildman–Crippen MR) is 101 cm³/mol. The first-order valence-corrected chi connectivity index (χ1v) is 9.64. The summed E-state index contributed by atoms with van der Waals surface area (Å²) in [6, 6.07) is 8.00. The van der Waals surface area contributed by atoms with E-state index in [0.29, 0.717) is 6.42 Å². The molecule has 1 fully saturated rings. The quantitative estimate of drug-likeness (QED) is 0.789. The topological polar surface area (TPSA) is 54.5 Å². The van der Waals surface area contributed by atoms with Crippen molar-refractivity contribution in [1.82, 2.24) is 4.98 Å². The van der Waals surface area contributed by atoms with Crippen molar-refractivity contribution in [1.29, 1.82) is 0 Å². The first kappa shape index (κ1) is 17.4. The molecule has 0 radical (unpaired) electrons. The van der Waals surface area contributed by atoms with Crippen molar-refractivity contribution in [3.8, 4) is 0 Å². The highest BCUT2D eigenvalue weighted by atomic mass is 79.9. The van der Waals surface area contributed by atoms with Crippen LogP contribution in [0.3, 0.4) is 0 Å². The van der Waals surface area contributed by atoms with Crippen molar-refractivity contribution in [2.24, 2.45) is 0 Å². The highest BCUT2D eigenvalue weighted by Gasteiger charge is 2.12. The molecular weight excluding hydrogens is 390 g/mol. The fourth-order valence-corrected chi connectivity index (χ4v) is 4.10. The number of hydrogen-bond acceptors (Lipinski definition) is 5. The summed E-state index contributed by atoms with van der Waals surface area (Å²) in [5, 5.41) is 2.91. The fraction of sp³-hybridized carbons (Fsp3) is 0.412. The molecule has 3 rings (SSSR count). The second kappa shape index (κ2) is 8.60. The van der Waals surface area contributed by atoms with E-state index < -0.39 is 0 Å². The second-order valence-electron chi connectivity index (χ2n) is 5.61. The summed E-state index contributed by atoms with van der Waals surface area (Å²) in [4.78, 5) is 19.9. The number of nitrogens with one attached hydrogen (secondary N) is 1. The zero-order valence-electron chi connectivity index (χ0n) is 13.3. The Bertz CT molecular complexity index is 669. The van der Waals surface area contributed by atoms with Gasteiger partial charge < -0.3 is 15.0 Å². The van der Waals surface area contributed by atoms with Gasteiger partial charge in [-0.1, -0.05) is 0 Å². The molecule has 1 aliphatic heterocycles. The molecule has 0 spiro atoms. The molecule has 24 heavy (non-hydrogen) atoms. The summed E-state index contributed by atoms with van der Waals surface area (Å²) >= 11 is 5.17. The normalized spacial score (nSPS) is 14.6. The average Bonchev–Trinajstić information content (AvgIpc) is 3.02. The van der Waals surface area contributed by atoms with E-state index in [0.717, 1.165) is 54.4 Å². The third-order valence-corrected chi connectivity index (χ3v) is 5.51. The van der Waals surface area contributed by atoms with E-state index in [1.807, 2.05) is 18.2 Å². The highest BCUT2D eigenvalue weighted by Crippen LogP contribution is 2.23. The SMILES string of the molecule is O=C(CCCc1ccc(Br)s1)Nc1ccc(N2CCOCC2)nc1. The van der Waals surface area contributed by atoms with Gasteiger partial charge in [-0.2, -0.15) is 0 Å². The molecule has 1 saturated heterocycles. The third kappa shape index (κ3) is 5.03. The van der Waals surface area contributed by atoms with Crippen LogP contribution in [0.2, 0.25) is 0 Å². The molecule has 0 bridgehead atoms. The summed E-state index contributed by atoms with van der Waals surface area (Å²) in [5.74, 6) is 0.964. The minimum absolute atomic E-state index is 0.0338. The minimum atomic E-state index is 0.0338. The van der Waals surface area contributed by atoms with Gasteiger partial charge in [0.05, 0.1) is 28.9 Å². The maximum Gasteiger partial charge on any atom is 0.224 e. The van der Waals surface area contributed by atoms with Gasteiger partial charge in [-0.05, 0) is 53.0 Å². The largest absolute Gasteiger partial charge is 0.378 e. The van der Waals surface area contributed by atoms with Crippen molar-refractivity contribution < 1.29 is 9.53 Å². The van der Waals surface area contributed by atoms with Gasteiger partial charge in [-0.3, -0.25) is 4.79 Å². The Labute approximate surface area is 154 Å². The summed E-state index contributed by atoms with van der Waals surface area (Å²) < 4.78 is 6.47. The highest BCUT2D eigenvalue weighted by molar-refractivity contribution is 9.11. The number of halogens is 1. The number of hydrogen-bond donors (Lipinski definition) is 1. The summed E-state index contributed by atoms with van der Waals surface area (Å²) in [6.07, 6.45) is 4.01. The summed E-state index contributed by atoms with van der Waals surface area (Å²) in [7, 11) is 0. The molecule has 1 aliphatic rings. The van der Waals surface area contributed by atoms with Crippen molar-refractivity contribution in [3.05, 3.63) is 39.1 Å². The van der Waals surface area contributed by atoms with Gasteiger partial charge in [-0.15, -0.1) is 11.3 Å². The van der Waals surface area contributed by atoms with Crippen LogP contribution >= 0.6 is 27.3 Å². The second-order valence-corrected chi connectivity index (χ2v) is 8.16. The van der Waals surface area contributed by atoms with Gasteiger partial charge in [0.25, 0.3) is 0 Å². The number of nitrogens with zero attached hydrogens (tertiary/aromatic N) is 2. The van der Waals surface area contributed by atoms with Crippen LogP contribution in [-0.4, -0.2) is 37.2 Å². The first-order valence-electron chi connectivity index (χ1n) is 8.03. The summed E-state index contributed by atoms with van der Waals surface area (Å²) in [6.45, 7) is 3.19. The minimum Gasteiger partial charge on any atom is -0.378 e. The average molecular weight is 410 g/mol. The van der Waals surface area contributed by atoms with Crippen molar-refractivity contribution in [2.45, 2.75) is 19.3 Å². The lowest BCUT2D eigenvalue weighted by Crippen LogP contribution is -2.36. The van der Waals surface area contributed by atoms with Gasteiger partial charge in [-0.25, -0.2) is 4.98 Å². The van der Waals surface area contributed by atoms with Gasteiger partial charge in [0, 0.05) is 24.4 Å². The predicted octanol–water partition coefficient (Wildman–Crippen LogP) is 3.70. The van der Waals surface area contributed by atoms with E-state index in [9.17, 15) is 4.79 Å². The molecular formula is C17H20BrN3O2S. The number of carbonyl (C=O) groups is 1.